The van der Waals surface area contributed by atoms with Crippen molar-refractivity contribution >= 4 is 17.0 Å². The topological polar surface area (TPSA) is 85.8 Å². The Morgan fingerprint density at radius 1 is 1.17 bits per heavy atom. The Balaban J connectivity index is 2.39. The van der Waals surface area contributed by atoms with Gasteiger partial charge in [0.05, 0.1) is 22.5 Å². The SMILES string of the molecule is CCNc1nc(C)c2cc(-c3c(C)noc3C)c(=O)n(CC)c2n1. The van der Waals surface area contributed by atoms with Gasteiger partial charge in [-0.15, -0.1) is 0 Å². The van der Waals surface area contributed by atoms with Gasteiger partial charge in [0, 0.05) is 18.5 Å². The highest BCUT2D eigenvalue weighted by Crippen LogP contribution is 2.27. The Kier molecular flexibility index (Phi) is 4.09. The molecule has 1 N–H and O–H groups in total. The first-order valence-corrected chi connectivity index (χ1v) is 8.07. The van der Waals surface area contributed by atoms with Crippen LogP contribution in [-0.4, -0.2) is 26.2 Å². The molecule has 0 aliphatic carbocycles. The summed E-state index contributed by atoms with van der Waals surface area (Å²) in [6, 6.07) is 1.85. The predicted molar refractivity (Wildman–Crippen MR) is 93.3 cm³/mol. The zero-order valence-electron chi connectivity index (χ0n) is 14.6. The van der Waals surface area contributed by atoms with Gasteiger partial charge in [0.25, 0.3) is 5.56 Å². The van der Waals surface area contributed by atoms with Crippen LogP contribution in [0.4, 0.5) is 5.95 Å². The van der Waals surface area contributed by atoms with E-state index < -0.39 is 0 Å². The van der Waals surface area contributed by atoms with Crippen LogP contribution in [0.2, 0.25) is 0 Å². The molecule has 0 atom stereocenters. The number of aromatic nitrogens is 4. The molecular formula is C17H21N5O2. The molecule has 0 saturated heterocycles. The zero-order chi connectivity index (χ0) is 17.4. The summed E-state index contributed by atoms with van der Waals surface area (Å²) in [7, 11) is 0. The minimum atomic E-state index is -0.0973. The highest BCUT2D eigenvalue weighted by molar-refractivity contribution is 5.84. The lowest BCUT2D eigenvalue weighted by molar-refractivity contribution is 0.393. The number of hydrogen-bond acceptors (Lipinski definition) is 6. The second-order valence-electron chi connectivity index (χ2n) is 5.71. The van der Waals surface area contributed by atoms with Gasteiger partial charge in [-0.1, -0.05) is 5.16 Å². The molecular weight excluding hydrogens is 306 g/mol. The first-order chi connectivity index (χ1) is 11.5. The summed E-state index contributed by atoms with van der Waals surface area (Å²) < 4.78 is 6.90. The molecule has 0 aliphatic rings. The van der Waals surface area contributed by atoms with Crippen molar-refractivity contribution < 1.29 is 4.52 Å². The number of fused-ring (bicyclic) bond motifs is 1. The van der Waals surface area contributed by atoms with Crippen molar-refractivity contribution in [3.63, 3.8) is 0 Å². The molecule has 3 aromatic rings. The molecule has 7 heteroatoms. The molecule has 0 bridgehead atoms. The van der Waals surface area contributed by atoms with Crippen molar-refractivity contribution in [2.75, 3.05) is 11.9 Å². The number of aryl methyl sites for hydroxylation is 4. The number of nitrogens with one attached hydrogen (secondary N) is 1. The number of rotatable bonds is 4. The van der Waals surface area contributed by atoms with Gasteiger partial charge in [0.15, 0.2) is 0 Å². The van der Waals surface area contributed by atoms with E-state index >= 15 is 0 Å². The predicted octanol–water partition coefficient (Wildman–Crippen LogP) is 2.82. The van der Waals surface area contributed by atoms with Crippen molar-refractivity contribution in [3.05, 3.63) is 33.6 Å². The fraction of sp³-hybridized carbons (Fsp3) is 0.412. The number of pyridine rings is 1. The second kappa shape index (κ2) is 6.07. The minimum Gasteiger partial charge on any atom is -0.361 e. The maximum atomic E-state index is 13.0. The lowest BCUT2D eigenvalue weighted by Crippen LogP contribution is -2.23. The van der Waals surface area contributed by atoms with Crippen LogP contribution in [0.25, 0.3) is 22.2 Å². The van der Waals surface area contributed by atoms with Crippen molar-refractivity contribution in [2.24, 2.45) is 0 Å². The molecule has 0 aromatic carbocycles. The number of anilines is 1. The van der Waals surface area contributed by atoms with Gasteiger partial charge >= 0.3 is 0 Å². The van der Waals surface area contributed by atoms with Crippen LogP contribution in [0.15, 0.2) is 15.4 Å². The average Bonchev–Trinajstić information content (AvgIpc) is 2.87. The molecule has 0 amide bonds. The standard InChI is InChI=1S/C17H21N5O2/c1-6-18-17-19-9(3)12-8-13(14-10(4)21-24-11(14)5)16(23)22(7-2)15(12)20-17/h8H,6-7H2,1-5H3,(H,18,19,20). The van der Waals surface area contributed by atoms with Gasteiger partial charge in [0.2, 0.25) is 5.95 Å². The Labute approximate surface area is 139 Å². The third-order valence-electron chi connectivity index (χ3n) is 4.09. The van der Waals surface area contributed by atoms with Gasteiger partial charge in [0.1, 0.15) is 11.4 Å². The fourth-order valence-electron chi connectivity index (χ4n) is 2.97. The van der Waals surface area contributed by atoms with Gasteiger partial charge in [-0.3, -0.25) is 9.36 Å². The molecule has 0 radical (unpaired) electrons. The van der Waals surface area contributed by atoms with E-state index in [0.717, 1.165) is 23.2 Å². The summed E-state index contributed by atoms with van der Waals surface area (Å²) in [5, 5.41) is 7.93. The van der Waals surface area contributed by atoms with Crippen molar-refractivity contribution in [1.82, 2.24) is 19.7 Å². The summed E-state index contributed by atoms with van der Waals surface area (Å²) in [4.78, 5) is 22.0. The Bertz CT molecular complexity index is 952. The monoisotopic (exact) mass is 327 g/mol. The maximum Gasteiger partial charge on any atom is 0.260 e. The van der Waals surface area contributed by atoms with Gasteiger partial charge in [-0.2, -0.15) is 4.98 Å². The first-order valence-electron chi connectivity index (χ1n) is 8.07. The van der Waals surface area contributed by atoms with Gasteiger partial charge in [-0.25, -0.2) is 4.98 Å². The zero-order valence-corrected chi connectivity index (χ0v) is 14.6. The summed E-state index contributed by atoms with van der Waals surface area (Å²) in [6.45, 7) is 10.7. The Morgan fingerprint density at radius 2 is 1.92 bits per heavy atom. The first kappa shape index (κ1) is 16.2. The number of hydrogen-bond donors (Lipinski definition) is 1. The normalized spacial score (nSPS) is 11.2. The van der Waals surface area contributed by atoms with E-state index in [9.17, 15) is 4.79 Å². The van der Waals surface area contributed by atoms with Crippen molar-refractivity contribution in [3.8, 4) is 11.1 Å². The van der Waals surface area contributed by atoms with Gasteiger partial charge in [-0.05, 0) is 40.7 Å². The molecule has 0 aliphatic heterocycles. The minimum absolute atomic E-state index is 0.0973. The molecule has 0 unspecified atom stereocenters. The summed E-state index contributed by atoms with van der Waals surface area (Å²) in [6.07, 6.45) is 0. The van der Waals surface area contributed by atoms with Crippen LogP contribution >= 0.6 is 0 Å². The molecule has 0 spiro atoms. The van der Waals surface area contributed by atoms with E-state index in [-0.39, 0.29) is 5.56 Å². The van der Waals surface area contributed by atoms with Crippen LogP contribution in [0.1, 0.15) is 31.0 Å². The van der Waals surface area contributed by atoms with E-state index in [4.69, 9.17) is 4.52 Å². The lowest BCUT2D eigenvalue weighted by Gasteiger charge is -2.13. The smallest absolute Gasteiger partial charge is 0.260 e. The highest BCUT2D eigenvalue weighted by Gasteiger charge is 2.19. The van der Waals surface area contributed by atoms with Crippen LogP contribution in [-0.2, 0) is 6.54 Å². The fourth-order valence-corrected chi connectivity index (χ4v) is 2.97. The molecule has 3 aromatic heterocycles. The molecule has 7 nitrogen and oxygen atoms in total. The van der Waals surface area contributed by atoms with E-state index in [1.807, 2.05) is 40.7 Å². The van der Waals surface area contributed by atoms with E-state index in [0.29, 0.717) is 35.2 Å². The van der Waals surface area contributed by atoms with Crippen molar-refractivity contribution in [2.45, 2.75) is 41.2 Å². The van der Waals surface area contributed by atoms with E-state index in [1.54, 1.807) is 4.57 Å². The number of nitrogens with zero attached hydrogens (tertiary/aromatic N) is 4. The summed E-state index contributed by atoms with van der Waals surface area (Å²) in [5.74, 6) is 1.17. The molecule has 126 valence electrons. The molecule has 0 saturated carbocycles. The quantitative estimate of drug-likeness (QED) is 0.793. The van der Waals surface area contributed by atoms with Crippen LogP contribution in [0.5, 0.6) is 0 Å². The van der Waals surface area contributed by atoms with Gasteiger partial charge < -0.3 is 9.84 Å². The van der Waals surface area contributed by atoms with Crippen molar-refractivity contribution in [1.29, 1.82) is 0 Å². The Morgan fingerprint density at radius 3 is 2.50 bits per heavy atom. The highest BCUT2D eigenvalue weighted by atomic mass is 16.5. The molecule has 24 heavy (non-hydrogen) atoms. The molecule has 0 fully saturated rings. The Hall–Kier alpha value is -2.70. The maximum absolute atomic E-state index is 13.0. The third kappa shape index (κ3) is 2.46. The van der Waals surface area contributed by atoms with Crippen LogP contribution in [0.3, 0.4) is 0 Å². The summed E-state index contributed by atoms with van der Waals surface area (Å²) >= 11 is 0. The molecule has 3 heterocycles. The summed E-state index contributed by atoms with van der Waals surface area (Å²) in [5.41, 5.74) is 3.39. The van der Waals surface area contributed by atoms with E-state index in [2.05, 4.69) is 20.4 Å². The lowest BCUT2D eigenvalue weighted by atomic mass is 10.0. The third-order valence-corrected chi connectivity index (χ3v) is 4.09. The van der Waals surface area contributed by atoms with Crippen LogP contribution in [0, 0.1) is 20.8 Å². The largest absolute Gasteiger partial charge is 0.361 e. The molecule has 3 rings (SSSR count). The second-order valence-corrected chi connectivity index (χ2v) is 5.71. The van der Waals surface area contributed by atoms with Crippen LogP contribution < -0.4 is 10.9 Å². The van der Waals surface area contributed by atoms with E-state index in [1.165, 1.54) is 0 Å². The average molecular weight is 327 g/mol.